The maximum absolute atomic E-state index is 13.3. The average Bonchev–Trinajstić information content (AvgIpc) is 3.20. The summed E-state index contributed by atoms with van der Waals surface area (Å²) in [6.45, 7) is 7.67. The second-order valence-electron chi connectivity index (χ2n) is 9.24. The Kier molecular flexibility index (Phi) is 7.78. The van der Waals surface area contributed by atoms with Crippen LogP contribution in [0.3, 0.4) is 0 Å². The lowest BCUT2D eigenvalue weighted by Gasteiger charge is -2.35. The summed E-state index contributed by atoms with van der Waals surface area (Å²) in [6.07, 6.45) is 5.45. The summed E-state index contributed by atoms with van der Waals surface area (Å²) in [5.74, 6) is 0.156. The van der Waals surface area contributed by atoms with Gasteiger partial charge in [-0.1, -0.05) is 49.7 Å². The van der Waals surface area contributed by atoms with Crippen LogP contribution in [0, 0.1) is 18.3 Å². The molecule has 0 spiro atoms. The van der Waals surface area contributed by atoms with E-state index in [-0.39, 0.29) is 23.1 Å². The number of carbonyl (C=O) groups is 2. The van der Waals surface area contributed by atoms with Crippen LogP contribution in [0.15, 0.2) is 24.3 Å². The number of carbonyl (C=O) groups excluding carboxylic acids is 2. The monoisotopic (exact) mass is 443 g/mol. The maximum Gasteiger partial charge on any atom is 0.269 e. The van der Waals surface area contributed by atoms with E-state index >= 15 is 0 Å². The van der Waals surface area contributed by atoms with Gasteiger partial charge in [-0.3, -0.25) is 9.59 Å². The quantitative estimate of drug-likeness (QED) is 0.642. The topological polar surface area (TPSA) is 101 Å². The van der Waals surface area contributed by atoms with Crippen LogP contribution < -0.4 is 11.1 Å². The third-order valence-electron chi connectivity index (χ3n) is 5.88. The molecule has 8 heteroatoms. The highest BCUT2D eigenvalue weighted by Gasteiger charge is 2.29. The summed E-state index contributed by atoms with van der Waals surface area (Å²) in [4.78, 5) is 28.1. The molecule has 31 heavy (non-hydrogen) atoms. The number of hydrogen-bond acceptors (Lipinski definition) is 6. The molecule has 1 aliphatic carbocycles. The summed E-state index contributed by atoms with van der Waals surface area (Å²) in [7, 11) is 0. The molecule has 0 bridgehead atoms. The van der Waals surface area contributed by atoms with Gasteiger partial charge in [0.1, 0.15) is 4.88 Å². The minimum atomic E-state index is -0.209. The summed E-state index contributed by atoms with van der Waals surface area (Å²) in [5.41, 5.74) is 8.18. The van der Waals surface area contributed by atoms with Crippen molar-refractivity contribution in [3.8, 4) is 0 Å². The summed E-state index contributed by atoms with van der Waals surface area (Å²) < 4.78 is 3.81. The van der Waals surface area contributed by atoms with Gasteiger partial charge in [0, 0.05) is 24.7 Å². The zero-order valence-electron chi connectivity index (χ0n) is 18.7. The van der Waals surface area contributed by atoms with Gasteiger partial charge in [-0.25, -0.2) is 0 Å². The average molecular weight is 444 g/mol. The van der Waals surface area contributed by atoms with Crippen LogP contribution in [-0.4, -0.2) is 39.4 Å². The van der Waals surface area contributed by atoms with Crippen molar-refractivity contribution in [2.75, 3.05) is 18.4 Å². The highest BCUT2D eigenvalue weighted by molar-refractivity contribution is 7.08. The lowest BCUT2D eigenvalue weighted by atomic mass is 9.87. The molecule has 168 valence electrons. The molecule has 0 atom stereocenters. The van der Waals surface area contributed by atoms with Crippen molar-refractivity contribution in [1.29, 1.82) is 0 Å². The number of nitrogens with zero attached hydrogens (tertiary/aromatic N) is 3. The van der Waals surface area contributed by atoms with E-state index in [1.165, 1.54) is 6.42 Å². The Morgan fingerprint density at radius 3 is 2.45 bits per heavy atom. The molecule has 0 saturated heterocycles. The van der Waals surface area contributed by atoms with Gasteiger partial charge in [0.25, 0.3) is 5.91 Å². The molecule has 3 rings (SSSR count). The van der Waals surface area contributed by atoms with Crippen molar-refractivity contribution in [2.45, 2.75) is 59.4 Å². The van der Waals surface area contributed by atoms with Crippen LogP contribution in [0.1, 0.15) is 66.9 Å². The van der Waals surface area contributed by atoms with E-state index in [1.807, 2.05) is 29.2 Å². The van der Waals surface area contributed by atoms with E-state index in [0.29, 0.717) is 35.9 Å². The van der Waals surface area contributed by atoms with E-state index in [4.69, 9.17) is 5.73 Å². The van der Waals surface area contributed by atoms with Crippen LogP contribution in [-0.2, 0) is 11.3 Å². The van der Waals surface area contributed by atoms with Gasteiger partial charge >= 0.3 is 0 Å². The Labute approximate surface area is 188 Å². The Bertz CT molecular complexity index is 888. The van der Waals surface area contributed by atoms with Crippen LogP contribution in [0.25, 0.3) is 0 Å². The van der Waals surface area contributed by atoms with Crippen LogP contribution in [0.5, 0.6) is 0 Å². The zero-order valence-corrected chi connectivity index (χ0v) is 19.5. The first-order chi connectivity index (χ1) is 14.8. The largest absolute Gasteiger partial charge is 0.338 e. The molecule has 0 unspecified atom stereocenters. The predicted octanol–water partition coefficient (Wildman–Crippen LogP) is 3.99. The normalized spacial score (nSPS) is 15.0. The first-order valence-corrected chi connectivity index (χ1v) is 11.7. The molecule has 1 fully saturated rings. The standard InChI is InChI=1S/C23H33N5O2S/c1-16-20(31-27-26-16)21(29)25-19-11-9-17(10-12-19)13-28(15-23(2,3)14-24)22(30)18-7-5-4-6-8-18/h9-12,18H,4-8,13-15,24H2,1-3H3,(H,25,29). The Hall–Kier alpha value is -2.32. The smallest absolute Gasteiger partial charge is 0.269 e. The minimum Gasteiger partial charge on any atom is -0.338 e. The second kappa shape index (κ2) is 10.3. The number of nitrogens with two attached hydrogens (primary N) is 1. The van der Waals surface area contributed by atoms with Gasteiger partial charge in [-0.05, 0) is 61.0 Å². The molecule has 1 aromatic heterocycles. The van der Waals surface area contributed by atoms with Crippen LogP contribution >= 0.6 is 11.5 Å². The molecule has 2 aromatic rings. The van der Waals surface area contributed by atoms with Gasteiger partial charge in [-0.2, -0.15) is 0 Å². The van der Waals surface area contributed by atoms with Crippen LogP contribution in [0.2, 0.25) is 0 Å². The third-order valence-corrected chi connectivity index (χ3v) is 6.71. The molecule has 0 aliphatic heterocycles. The predicted molar refractivity (Wildman–Crippen MR) is 124 cm³/mol. The fourth-order valence-corrected chi connectivity index (χ4v) is 4.49. The van der Waals surface area contributed by atoms with E-state index < -0.39 is 0 Å². The van der Waals surface area contributed by atoms with E-state index in [2.05, 4.69) is 28.8 Å². The molecule has 7 nitrogen and oxygen atoms in total. The number of hydrogen-bond donors (Lipinski definition) is 2. The Morgan fingerprint density at radius 2 is 1.87 bits per heavy atom. The van der Waals surface area contributed by atoms with Gasteiger partial charge in [0.2, 0.25) is 5.91 Å². The van der Waals surface area contributed by atoms with E-state index in [1.54, 1.807) is 6.92 Å². The van der Waals surface area contributed by atoms with Crippen molar-refractivity contribution in [1.82, 2.24) is 14.5 Å². The van der Waals surface area contributed by atoms with E-state index in [9.17, 15) is 9.59 Å². The molecule has 0 radical (unpaired) electrons. The summed E-state index contributed by atoms with van der Waals surface area (Å²) in [6, 6.07) is 7.66. The van der Waals surface area contributed by atoms with Crippen molar-refractivity contribution in [3.63, 3.8) is 0 Å². The zero-order chi connectivity index (χ0) is 22.4. The fraction of sp³-hybridized carbons (Fsp3) is 0.565. The number of anilines is 1. The fourth-order valence-electron chi connectivity index (χ4n) is 3.94. The van der Waals surface area contributed by atoms with Crippen molar-refractivity contribution in [2.24, 2.45) is 17.1 Å². The number of rotatable bonds is 8. The summed E-state index contributed by atoms with van der Waals surface area (Å²) in [5, 5.41) is 6.76. The SMILES string of the molecule is Cc1nnsc1C(=O)Nc1ccc(CN(CC(C)(C)CN)C(=O)C2CCCCC2)cc1. The lowest BCUT2D eigenvalue weighted by molar-refractivity contribution is -0.138. The van der Waals surface area contributed by atoms with Crippen molar-refractivity contribution in [3.05, 3.63) is 40.4 Å². The molecule has 1 aromatic carbocycles. The molecule has 2 amide bonds. The van der Waals surface area contributed by atoms with Gasteiger partial charge < -0.3 is 16.0 Å². The number of aryl methyl sites for hydroxylation is 1. The number of benzene rings is 1. The number of nitrogens with one attached hydrogen (secondary N) is 1. The van der Waals surface area contributed by atoms with Crippen molar-refractivity contribution < 1.29 is 9.59 Å². The highest BCUT2D eigenvalue weighted by atomic mass is 32.1. The Morgan fingerprint density at radius 1 is 1.19 bits per heavy atom. The molecular formula is C23H33N5O2S. The lowest BCUT2D eigenvalue weighted by Crippen LogP contribution is -2.44. The first kappa shape index (κ1) is 23.3. The first-order valence-electron chi connectivity index (χ1n) is 11.0. The van der Waals surface area contributed by atoms with E-state index in [0.717, 1.165) is 42.8 Å². The Balaban J connectivity index is 1.69. The van der Waals surface area contributed by atoms with Gasteiger partial charge in [0.15, 0.2) is 0 Å². The number of aromatic nitrogens is 2. The van der Waals surface area contributed by atoms with Gasteiger partial charge in [0.05, 0.1) is 5.69 Å². The minimum absolute atomic E-state index is 0.122. The molecule has 3 N–H and O–H groups in total. The number of amides is 2. The highest BCUT2D eigenvalue weighted by Crippen LogP contribution is 2.28. The third kappa shape index (κ3) is 6.33. The molecule has 1 aliphatic rings. The maximum atomic E-state index is 13.3. The van der Waals surface area contributed by atoms with Crippen LogP contribution in [0.4, 0.5) is 5.69 Å². The van der Waals surface area contributed by atoms with Gasteiger partial charge in [-0.15, -0.1) is 5.10 Å². The van der Waals surface area contributed by atoms with Crippen molar-refractivity contribution >= 4 is 29.0 Å². The molecule has 1 heterocycles. The summed E-state index contributed by atoms with van der Waals surface area (Å²) >= 11 is 1.08. The molecular weight excluding hydrogens is 410 g/mol. The second-order valence-corrected chi connectivity index (χ2v) is 9.99. The molecule has 1 saturated carbocycles.